The molecule has 0 aliphatic heterocycles. The van der Waals surface area contributed by atoms with E-state index in [9.17, 15) is 0 Å². The predicted molar refractivity (Wildman–Crippen MR) is 67.4 cm³/mol. The standard InChI is InChI=1S/C13H15NOS/c1-2-5-12(13-7-4-9-16-13)14-10-11-6-3-8-15-11/h2-4,6-9,12,14H,1,5,10H2. The van der Waals surface area contributed by atoms with Crippen molar-refractivity contribution in [2.75, 3.05) is 0 Å². The van der Waals surface area contributed by atoms with E-state index < -0.39 is 0 Å². The minimum Gasteiger partial charge on any atom is -0.468 e. The topological polar surface area (TPSA) is 25.2 Å². The molecule has 0 saturated heterocycles. The van der Waals surface area contributed by atoms with Crippen LogP contribution in [0.25, 0.3) is 0 Å². The summed E-state index contributed by atoms with van der Waals surface area (Å²) in [7, 11) is 0. The van der Waals surface area contributed by atoms with Crippen molar-refractivity contribution in [2.24, 2.45) is 0 Å². The molecule has 0 bridgehead atoms. The van der Waals surface area contributed by atoms with Crippen LogP contribution in [0, 0.1) is 0 Å². The van der Waals surface area contributed by atoms with Crippen LogP contribution in [-0.4, -0.2) is 0 Å². The molecule has 84 valence electrons. The fraction of sp³-hybridized carbons (Fsp3) is 0.231. The zero-order valence-electron chi connectivity index (χ0n) is 9.06. The molecule has 2 nitrogen and oxygen atoms in total. The summed E-state index contributed by atoms with van der Waals surface area (Å²) >= 11 is 1.77. The molecule has 2 heterocycles. The van der Waals surface area contributed by atoms with Gasteiger partial charge in [0, 0.05) is 10.9 Å². The van der Waals surface area contributed by atoms with Crippen molar-refractivity contribution >= 4 is 11.3 Å². The molecule has 0 aromatic carbocycles. The van der Waals surface area contributed by atoms with Crippen molar-refractivity contribution in [2.45, 2.75) is 19.0 Å². The van der Waals surface area contributed by atoms with Crippen molar-refractivity contribution in [1.29, 1.82) is 0 Å². The molecule has 0 aliphatic rings. The lowest BCUT2D eigenvalue weighted by Gasteiger charge is -2.14. The van der Waals surface area contributed by atoms with Gasteiger partial charge in [0.15, 0.2) is 0 Å². The van der Waals surface area contributed by atoms with Gasteiger partial charge in [-0.05, 0) is 30.0 Å². The fourth-order valence-corrected chi connectivity index (χ4v) is 2.41. The Labute approximate surface area is 99.6 Å². The average Bonchev–Trinajstić information content (AvgIpc) is 2.96. The molecule has 0 fully saturated rings. The van der Waals surface area contributed by atoms with Crippen molar-refractivity contribution < 1.29 is 4.42 Å². The lowest BCUT2D eigenvalue weighted by atomic mass is 10.1. The van der Waals surface area contributed by atoms with Crippen LogP contribution >= 0.6 is 11.3 Å². The summed E-state index contributed by atoms with van der Waals surface area (Å²) in [6, 6.07) is 8.44. The Hall–Kier alpha value is -1.32. The highest BCUT2D eigenvalue weighted by atomic mass is 32.1. The van der Waals surface area contributed by atoms with Gasteiger partial charge in [-0.2, -0.15) is 0 Å². The highest BCUT2D eigenvalue weighted by Crippen LogP contribution is 2.22. The molecule has 1 N–H and O–H groups in total. The van der Waals surface area contributed by atoms with Crippen LogP contribution in [0.3, 0.4) is 0 Å². The maximum atomic E-state index is 5.29. The molecule has 1 atom stereocenters. The van der Waals surface area contributed by atoms with E-state index in [1.807, 2.05) is 18.2 Å². The Morgan fingerprint density at radius 1 is 1.44 bits per heavy atom. The van der Waals surface area contributed by atoms with Crippen LogP contribution < -0.4 is 5.32 Å². The van der Waals surface area contributed by atoms with Crippen LogP contribution in [0.2, 0.25) is 0 Å². The first-order valence-electron chi connectivity index (χ1n) is 5.30. The zero-order chi connectivity index (χ0) is 11.2. The van der Waals surface area contributed by atoms with Gasteiger partial charge in [-0.3, -0.25) is 0 Å². The minimum absolute atomic E-state index is 0.336. The van der Waals surface area contributed by atoms with Crippen LogP contribution in [0.1, 0.15) is 23.1 Å². The second-order valence-corrected chi connectivity index (χ2v) is 4.53. The maximum Gasteiger partial charge on any atom is 0.117 e. The van der Waals surface area contributed by atoms with Crippen LogP contribution in [-0.2, 0) is 6.54 Å². The van der Waals surface area contributed by atoms with Crippen molar-refractivity contribution in [1.82, 2.24) is 5.32 Å². The van der Waals surface area contributed by atoms with Crippen LogP contribution in [0.5, 0.6) is 0 Å². The van der Waals surface area contributed by atoms with E-state index in [1.54, 1.807) is 17.6 Å². The molecule has 2 aromatic rings. The Bertz CT molecular complexity index is 405. The van der Waals surface area contributed by atoms with Gasteiger partial charge < -0.3 is 9.73 Å². The van der Waals surface area contributed by atoms with Crippen LogP contribution in [0.4, 0.5) is 0 Å². The third-order valence-electron chi connectivity index (χ3n) is 2.39. The van der Waals surface area contributed by atoms with Gasteiger partial charge in [-0.25, -0.2) is 0 Å². The molecule has 0 saturated carbocycles. The average molecular weight is 233 g/mol. The second kappa shape index (κ2) is 5.68. The van der Waals surface area contributed by atoms with Gasteiger partial charge in [-0.15, -0.1) is 17.9 Å². The molecular weight excluding hydrogens is 218 g/mol. The number of furan rings is 1. The summed E-state index contributed by atoms with van der Waals surface area (Å²) in [5.41, 5.74) is 0. The molecule has 2 rings (SSSR count). The number of hydrogen-bond donors (Lipinski definition) is 1. The third-order valence-corrected chi connectivity index (χ3v) is 3.38. The van der Waals surface area contributed by atoms with Gasteiger partial charge >= 0.3 is 0 Å². The molecule has 0 aliphatic carbocycles. The van der Waals surface area contributed by atoms with Gasteiger partial charge in [0.25, 0.3) is 0 Å². The third kappa shape index (κ3) is 2.84. The summed E-state index contributed by atoms with van der Waals surface area (Å²) in [4.78, 5) is 1.34. The molecule has 0 radical (unpaired) electrons. The van der Waals surface area contributed by atoms with E-state index in [0.29, 0.717) is 6.04 Å². The Kier molecular flexibility index (Phi) is 3.97. The van der Waals surface area contributed by atoms with Crippen LogP contribution in [0.15, 0.2) is 53.0 Å². The SMILES string of the molecule is C=CCC(NCc1ccco1)c1cccs1. The largest absolute Gasteiger partial charge is 0.468 e. The Morgan fingerprint density at radius 2 is 2.38 bits per heavy atom. The van der Waals surface area contributed by atoms with Gasteiger partial charge in [0.2, 0.25) is 0 Å². The van der Waals surface area contributed by atoms with E-state index in [2.05, 4.69) is 29.4 Å². The van der Waals surface area contributed by atoms with E-state index >= 15 is 0 Å². The van der Waals surface area contributed by atoms with Gasteiger partial charge in [-0.1, -0.05) is 12.1 Å². The summed E-state index contributed by atoms with van der Waals surface area (Å²) in [6.07, 6.45) is 4.57. The highest BCUT2D eigenvalue weighted by molar-refractivity contribution is 7.10. The normalized spacial score (nSPS) is 12.5. The Morgan fingerprint density at radius 3 is 3.00 bits per heavy atom. The number of thiophene rings is 1. The number of rotatable bonds is 6. The predicted octanol–water partition coefficient (Wildman–Crippen LogP) is 3.75. The van der Waals surface area contributed by atoms with E-state index in [4.69, 9.17) is 4.42 Å². The summed E-state index contributed by atoms with van der Waals surface area (Å²) in [6.45, 7) is 4.55. The lowest BCUT2D eigenvalue weighted by Crippen LogP contribution is -2.19. The van der Waals surface area contributed by atoms with Crippen molar-refractivity contribution in [3.8, 4) is 0 Å². The van der Waals surface area contributed by atoms with E-state index in [1.165, 1.54) is 4.88 Å². The molecule has 0 amide bonds. The lowest BCUT2D eigenvalue weighted by molar-refractivity contribution is 0.452. The van der Waals surface area contributed by atoms with Crippen molar-refractivity contribution in [3.05, 3.63) is 59.2 Å². The fourth-order valence-electron chi connectivity index (χ4n) is 1.59. The molecule has 1 unspecified atom stereocenters. The monoisotopic (exact) mass is 233 g/mol. The number of nitrogens with one attached hydrogen (secondary N) is 1. The summed E-state index contributed by atoms with van der Waals surface area (Å²) in [5.74, 6) is 0.964. The zero-order valence-corrected chi connectivity index (χ0v) is 9.87. The number of hydrogen-bond acceptors (Lipinski definition) is 3. The minimum atomic E-state index is 0.336. The summed E-state index contributed by atoms with van der Waals surface area (Å²) < 4.78 is 5.29. The molecule has 3 heteroatoms. The molecule has 16 heavy (non-hydrogen) atoms. The Balaban J connectivity index is 1.95. The second-order valence-electron chi connectivity index (χ2n) is 3.55. The van der Waals surface area contributed by atoms with Crippen molar-refractivity contribution in [3.63, 3.8) is 0 Å². The van der Waals surface area contributed by atoms with E-state index in [-0.39, 0.29) is 0 Å². The highest BCUT2D eigenvalue weighted by Gasteiger charge is 2.10. The first-order chi connectivity index (χ1) is 7.90. The van der Waals surface area contributed by atoms with E-state index in [0.717, 1.165) is 18.7 Å². The first kappa shape index (κ1) is 11.2. The summed E-state index contributed by atoms with van der Waals surface area (Å²) in [5, 5.41) is 5.57. The first-order valence-corrected chi connectivity index (χ1v) is 6.18. The quantitative estimate of drug-likeness (QED) is 0.769. The molecule has 0 spiro atoms. The molecular formula is C13H15NOS. The van der Waals surface area contributed by atoms with Gasteiger partial charge in [0.1, 0.15) is 5.76 Å². The molecule has 2 aromatic heterocycles. The van der Waals surface area contributed by atoms with Gasteiger partial charge in [0.05, 0.1) is 12.8 Å². The smallest absolute Gasteiger partial charge is 0.117 e. The maximum absolute atomic E-state index is 5.29.